The number of fused-ring (bicyclic) bond motifs is 9. The van der Waals surface area contributed by atoms with E-state index in [2.05, 4.69) is 56.2 Å². The maximum atomic E-state index is 14.8. The molecule has 2 heterocycles. The highest BCUT2D eigenvalue weighted by atomic mass is 19.1. The third-order valence-electron chi connectivity index (χ3n) is 7.45. The lowest BCUT2D eigenvalue weighted by Crippen LogP contribution is -2.56. The minimum absolute atomic E-state index is 0.0161. The van der Waals surface area contributed by atoms with E-state index in [0.29, 0.717) is 0 Å². The zero-order chi connectivity index (χ0) is 20.1. The number of halogens is 2. The van der Waals surface area contributed by atoms with Crippen LogP contribution >= 0.6 is 0 Å². The summed E-state index contributed by atoms with van der Waals surface area (Å²) >= 11 is 0. The van der Waals surface area contributed by atoms with Gasteiger partial charge in [-0.15, -0.1) is 0 Å². The first-order valence-corrected chi connectivity index (χ1v) is 10.3. The number of aryl methyl sites for hydroxylation is 2. The van der Waals surface area contributed by atoms with Gasteiger partial charge in [-0.05, 0) is 66.8 Å². The van der Waals surface area contributed by atoms with Gasteiger partial charge in [-0.25, -0.2) is 8.78 Å². The van der Waals surface area contributed by atoms with Crippen LogP contribution in [0, 0.1) is 25.7 Å². The molecule has 5 unspecified atom stereocenters. The molecular weight excluding hydrogens is 364 g/mol. The maximum Gasteiger partial charge on any atom is 0.108 e. The third kappa shape index (κ3) is 2.03. The fourth-order valence-electron chi connectivity index (χ4n) is 6.24. The highest BCUT2D eigenvalue weighted by Gasteiger charge is 2.52. The molecule has 0 fully saturated rings. The van der Waals surface area contributed by atoms with E-state index in [1.807, 2.05) is 18.2 Å². The van der Waals surface area contributed by atoms with Gasteiger partial charge in [0.1, 0.15) is 11.7 Å². The minimum atomic E-state index is -0.557. The fraction of sp³-hybridized carbons (Fsp3) is 0.308. The van der Waals surface area contributed by atoms with Crippen LogP contribution in [0.3, 0.4) is 0 Å². The number of hydrogen-bond acceptors (Lipinski definition) is 1. The zero-order valence-electron chi connectivity index (χ0n) is 16.8. The van der Waals surface area contributed by atoms with Crippen LogP contribution in [-0.4, -0.2) is 10.9 Å². The molecule has 1 aromatic carbocycles. The highest BCUT2D eigenvalue weighted by Crippen LogP contribution is 2.57. The predicted molar refractivity (Wildman–Crippen MR) is 111 cm³/mol. The standard InChI is InChI=1S/C26H23F2N/c1-14-12-15(2)24-19(13-14)25-17-4-5-18-20(27)6-7-21(28)23(18)16(17)9-11-29(25)22-8-10-26(22,24)3/h4-13,18,22-23,25H,1-3H3. The first kappa shape index (κ1) is 17.2. The quantitative estimate of drug-likeness (QED) is 0.479. The summed E-state index contributed by atoms with van der Waals surface area (Å²) in [5.41, 5.74) is 7.22. The number of rotatable bonds is 0. The molecule has 6 rings (SSSR count). The van der Waals surface area contributed by atoms with Crippen LogP contribution in [0.5, 0.6) is 0 Å². The molecule has 0 spiro atoms. The summed E-state index contributed by atoms with van der Waals surface area (Å²) in [5.74, 6) is -1.61. The van der Waals surface area contributed by atoms with Gasteiger partial charge in [0.25, 0.3) is 0 Å². The Morgan fingerprint density at radius 1 is 0.966 bits per heavy atom. The molecule has 3 heteroatoms. The summed E-state index contributed by atoms with van der Waals surface area (Å²) in [6, 6.07) is 4.85. The highest BCUT2D eigenvalue weighted by molar-refractivity contribution is 5.61. The monoisotopic (exact) mass is 387 g/mol. The van der Waals surface area contributed by atoms with E-state index in [1.165, 1.54) is 34.4 Å². The number of allylic oxidation sites excluding steroid dienone is 7. The van der Waals surface area contributed by atoms with Crippen LogP contribution in [0.1, 0.15) is 35.2 Å². The first-order valence-electron chi connectivity index (χ1n) is 10.3. The minimum Gasteiger partial charge on any atom is -0.359 e. The van der Waals surface area contributed by atoms with Crippen molar-refractivity contribution in [3.05, 3.63) is 106 Å². The van der Waals surface area contributed by atoms with E-state index < -0.39 is 11.8 Å². The van der Waals surface area contributed by atoms with E-state index >= 15 is 0 Å². The second-order valence-corrected chi connectivity index (χ2v) is 9.17. The Balaban J connectivity index is 1.58. The van der Waals surface area contributed by atoms with E-state index in [9.17, 15) is 8.78 Å². The molecule has 29 heavy (non-hydrogen) atoms. The molecule has 0 saturated heterocycles. The molecule has 0 aromatic heterocycles. The molecule has 5 aliphatic rings. The Kier molecular flexibility index (Phi) is 3.25. The van der Waals surface area contributed by atoms with Crippen molar-refractivity contribution in [3.63, 3.8) is 0 Å². The third-order valence-corrected chi connectivity index (χ3v) is 7.45. The molecule has 2 aliphatic heterocycles. The molecule has 3 aliphatic carbocycles. The number of nitrogens with zero attached hydrogens (tertiary/aromatic N) is 1. The molecule has 0 saturated carbocycles. The molecule has 1 aromatic rings. The Hall–Kier alpha value is -2.68. The Bertz CT molecular complexity index is 1150. The van der Waals surface area contributed by atoms with Crippen molar-refractivity contribution in [1.29, 1.82) is 0 Å². The average Bonchev–Trinajstić information content (AvgIpc) is 2.67. The van der Waals surface area contributed by atoms with E-state index in [1.54, 1.807) is 0 Å². The summed E-state index contributed by atoms with van der Waals surface area (Å²) in [6.45, 7) is 6.64. The molecule has 1 nitrogen and oxygen atoms in total. The van der Waals surface area contributed by atoms with E-state index in [0.717, 1.165) is 11.1 Å². The second kappa shape index (κ2) is 5.47. The SMILES string of the molecule is Cc1cc(C)c2c(c1)C1C3=C(C=CN1C1C=CC21C)C1C(F)=CC=C(F)C1C=C3. The Morgan fingerprint density at radius 2 is 1.76 bits per heavy atom. The lowest BCUT2D eigenvalue weighted by molar-refractivity contribution is 0.160. The lowest BCUT2D eigenvalue weighted by atomic mass is 9.59. The predicted octanol–water partition coefficient (Wildman–Crippen LogP) is 6.20. The summed E-state index contributed by atoms with van der Waals surface area (Å²) in [6.07, 6.45) is 15.1. The molecule has 0 bridgehead atoms. The van der Waals surface area contributed by atoms with Crippen molar-refractivity contribution < 1.29 is 8.78 Å². The van der Waals surface area contributed by atoms with Gasteiger partial charge in [0.05, 0.1) is 12.1 Å². The molecule has 0 amide bonds. The lowest BCUT2D eigenvalue weighted by Gasteiger charge is -2.57. The molecule has 0 N–H and O–H groups in total. The maximum absolute atomic E-state index is 14.8. The molecular formula is C26H23F2N. The van der Waals surface area contributed by atoms with Gasteiger partial charge in [-0.3, -0.25) is 0 Å². The van der Waals surface area contributed by atoms with Crippen molar-refractivity contribution >= 4 is 0 Å². The number of hydrogen-bond donors (Lipinski definition) is 0. The molecule has 146 valence electrons. The van der Waals surface area contributed by atoms with Crippen molar-refractivity contribution in [2.24, 2.45) is 11.8 Å². The van der Waals surface area contributed by atoms with Gasteiger partial charge in [0.2, 0.25) is 0 Å². The second-order valence-electron chi connectivity index (χ2n) is 9.17. The summed E-state index contributed by atoms with van der Waals surface area (Å²) < 4.78 is 29.3. The zero-order valence-corrected chi connectivity index (χ0v) is 16.8. The summed E-state index contributed by atoms with van der Waals surface area (Å²) in [7, 11) is 0. The smallest absolute Gasteiger partial charge is 0.108 e. The normalized spacial score (nSPS) is 35.7. The largest absolute Gasteiger partial charge is 0.359 e. The van der Waals surface area contributed by atoms with Crippen LogP contribution in [0.2, 0.25) is 0 Å². The number of benzene rings is 1. The average molecular weight is 387 g/mol. The summed E-state index contributed by atoms with van der Waals surface area (Å²) in [4.78, 5) is 2.40. The van der Waals surface area contributed by atoms with Gasteiger partial charge in [-0.2, -0.15) is 0 Å². The first-order chi connectivity index (χ1) is 13.9. The van der Waals surface area contributed by atoms with Crippen LogP contribution < -0.4 is 0 Å². The van der Waals surface area contributed by atoms with Gasteiger partial charge in [0, 0.05) is 23.5 Å². The van der Waals surface area contributed by atoms with Crippen LogP contribution in [-0.2, 0) is 5.41 Å². The Morgan fingerprint density at radius 3 is 2.52 bits per heavy atom. The van der Waals surface area contributed by atoms with E-state index in [-0.39, 0.29) is 29.2 Å². The Labute approximate surface area is 170 Å². The van der Waals surface area contributed by atoms with Crippen LogP contribution in [0.4, 0.5) is 8.78 Å². The topological polar surface area (TPSA) is 3.24 Å². The van der Waals surface area contributed by atoms with Gasteiger partial charge in [0.15, 0.2) is 0 Å². The van der Waals surface area contributed by atoms with Gasteiger partial charge < -0.3 is 4.90 Å². The molecule has 5 atom stereocenters. The van der Waals surface area contributed by atoms with Crippen LogP contribution in [0.25, 0.3) is 0 Å². The van der Waals surface area contributed by atoms with Gasteiger partial charge >= 0.3 is 0 Å². The van der Waals surface area contributed by atoms with Crippen molar-refractivity contribution in [1.82, 2.24) is 4.90 Å². The van der Waals surface area contributed by atoms with E-state index in [4.69, 9.17) is 0 Å². The van der Waals surface area contributed by atoms with Crippen molar-refractivity contribution in [2.75, 3.05) is 0 Å². The van der Waals surface area contributed by atoms with Gasteiger partial charge in [-0.1, -0.05) is 42.0 Å². The fourth-order valence-corrected chi connectivity index (χ4v) is 6.24. The summed E-state index contributed by atoms with van der Waals surface area (Å²) in [5, 5.41) is 0. The van der Waals surface area contributed by atoms with Crippen LogP contribution in [0.15, 0.2) is 83.7 Å². The van der Waals surface area contributed by atoms with Crippen molar-refractivity contribution in [2.45, 2.75) is 38.3 Å². The van der Waals surface area contributed by atoms with Crippen molar-refractivity contribution in [3.8, 4) is 0 Å². The molecule has 0 radical (unpaired) electrons.